The minimum Gasteiger partial charge on any atom is -0.379 e. The molecular weight excluding hydrogens is 242 g/mol. The zero-order valence-corrected chi connectivity index (χ0v) is 13.4. The number of ether oxygens (including phenoxy) is 1. The Kier molecular flexibility index (Phi) is 7.66. The third-order valence-electron chi connectivity index (χ3n) is 3.98. The van der Waals surface area contributed by atoms with E-state index in [9.17, 15) is 0 Å². The molecule has 0 aliphatic heterocycles. The molecule has 0 amide bonds. The standard InChI is InChI=1S/C15H31NOS/c1-5-16-13(10-11-15(2,3)17-4)12-18-14-8-6-7-9-14/h13-14,16H,5-12H2,1-4H3. The van der Waals surface area contributed by atoms with Gasteiger partial charge in [-0.1, -0.05) is 19.8 Å². The highest BCUT2D eigenvalue weighted by atomic mass is 32.2. The first-order valence-corrected chi connectivity index (χ1v) is 8.52. The van der Waals surface area contributed by atoms with Crippen LogP contribution >= 0.6 is 11.8 Å². The van der Waals surface area contributed by atoms with Gasteiger partial charge in [-0.3, -0.25) is 0 Å². The summed E-state index contributed by atoms with van der Waals surface area (Å²) in [5, 5.41) is 4.56. The minimum absolute atomic E-state index is 0.0195. The van der Waals surface area contributed by atoms with Crippen LogP contribution in [0.25, 0.3) is 0 Å². The van der Waals surface area contributed by atoms with Gasteiger partial charge in [-0.05, 0) is 46.1 Å². The molecule has 1 rings (SSSR count). The van der Waals surface area contributed by atoms with Crippen molar-refractivity contribution >= 4 is 11.8 Å². The zero-order valence-electron chi connectivity index (χ0n) is 12.6. The van der Waals surface area contributed by atoms with Crippen LogP contribution in [-0.2, 0) is 4.74 Å². The molecule has 108 valence electrons. The van der Waals surface area contributed by atoms with Crippen LogP contribution in [0.4, 0.5) is 0 Å². The molecule has 0 bridgehead atoms. The molecule has 1 aliphatic rings. The summed E-state index contributed by atoms with van der Waals surface area (Å²) in [6.45, 7) is 7.64. The van der Waals surface area contributed by atoms with Gasteiger partial charge in [0.25, 0.3) is 0 Å². The average molecular weight is 273 g/mol. The Labute approximate surface area is 118 Å². The van der Waals surface area contributed by atoms with Gasteiger partial charge in [0.1, 0.15) is 0 Å². The smallest absolute Gasteiger partial charge is 0.0623 e. The third kappa shape index (κ3) is 6.44. The average Bonchev–Trinajstić information content (AvgIpc) is 2.86. The van der Waals surface area contributed by atoms with E-state index in [0.717, 1.165) is 18.2 Å². The van der Waals surface area contributed by atoms with Gasteiger partial charge in [0.2, 0.25) is 0 Å². The summed E-state index contributed by atoms with van der Waals surface area (Å²) in [6.07, 6.45) is 8.11. The maximum Gasteiger partial charge on any atom is 0.0623 e. The lowest BCUT2D eigenvalue weighted by molar-refractivity contribution is 0.0122. The van der Waals surface area contributed by atoms with E-state index in [2.05, 4.69) is 37.8 Å². The Morgan fingerprint density at radius 3 is 2.56 bits per heavy atom. The van der Waals surface area contributed by atoms with E-state index in [1.54, 1.807) is 0 Å². The van der Waals surface area contributed by atoms with Crippen LogP contribution < -0.4 is 5.32 Å². The lowest BCUT2D eigenvalue weighted by Crippen LogP contribution is -2.34. The van der Waals surface area contributed by atoms with Gasteiger partial charge in [-0.15, -0.1) is 0 Å². The van der Waals surface area contributed by atoms with Crippen LogP contribution in [0, 0.1) is 0 Å². The molecule has 2 nitrogen and oxygen atoms in total. The molecule has 0 heterocycles. The summed E-state index contributed by atoms with van der Waals surface area (Å²) >= 11 is 2.19. The van der Waals surface area contributed by atoms with Crippen molar-refractivity contribution in [3.05, 3.63) is 0 Å². The number of thioether (sulfide) groups is 1. The van der Waals surface area contributed by atoms with E-state index < -0.39 is 0 Å². The van der Waals surface area contributed by atoms with E-state index in [1.165, 1.54) is 37.9 Å². The van der Waals surface area contributed by atoms with Gasteiger partial charge in [-0.25, -0.2) is 0 Å². The topological polar surface area (TPSA) is 21.3 Å². The lowest BCUT2D eigenvalue weighted by Gasteiger charge is -2.26. The van der Waals surface area contributed by atoms with E-state index in [1.807, 2.05) is 7.11 Å². The van der Waals surface area contributed by atoms with Crippen LogP contribution in [0.5, 0.6) is 0 Å². The number of nitrogens with one attached hydrogen (secondary N) is 1. The number of hydrogen-bond donors (Lipinski definition) is 1. The molecule has 1 fully saturated rings. The Morgan fingerprint density at radius 1 is 1.33 bits per heavy atom. The second-order valence-electron chi connectivity index (χ2n) is 6.00. The van der Waals surface area contributed by atoms with Crippen LogP contribution in [0.1, 0.15) is 59.3 Å². The molecule has 0 aromatic heterocycles. The largest absolute Gasteiger partial charge is 0.379 e. The summed E-state index contributed by atoms with van der Waals surface area (Å²) in [7, 11) is 1.82. The SMILES string of the molecule is CCNC(CCC(C)(C)OC)CSC1CCCC1. The fraction of sp³-hybridized carbons (Fsp3) is 1.00. The Morgan fingerprint density at radius 2 is 2.00 bits per heavy atom. The lowest BCUT2D eigenvalue weighted by atomic mass is 9.99. The van der Waals surface area contributed by atoms with Crippen LogP contribution in [0.2, 0.25) is 0 Å². The van der Waals surface area contributed by atoms with Crippen molar-refractivity contribution in [2.45, 2.75) is 76.2 Å². The second-order valence-corrected chi connectivity index (χ2v) is 7.33. The molecule has 0 saturated heterocycles. The Balaban J connectivity index is 2.25. The second kappa shape index (κ2) is 8.44. The van der Waals surface area contributed by atoms with Crippen molar-refractivity contribution < 1.29 is 4.74 Å². The van der Waals surface area contributed by atoms with Crippen LogP contribution in [-0.4, -0.2) is 36.3 Å². The Bertz CT molecular complexity index is 215. The molecule has 0 aromatic carbocycles. The quantitative estimate of drug-likeness (QED) is 0.689. The molecule has 1 saturated carbocycles. The monoisotopic (exact) mass is 273 g/mol. The normalized spacial score (nSPS) is 19.3. The van der Waals surface area contributed by atoms with E-state index in [4.69, 9.17) is 4.74 Å². The number of methoxy groups -OCH3 is 1. The highest BCUT2D eigenvalue weighted by molar-refractivity contribution is 7.99. The first-order valence-electron chi connectivity index (χ1n) is 7.47. The van der Waals surface area contributed by atoms with Gasteiger partial charge in [-0.2, -0.15) is 11.8 Å². The summed E-state index contributed by atoms with van der Waals surface area (Å²) in [5.74, 6) is 1.26. The molecule has 0 spiro atoms. The predicted octanol–water partition coefficient (Wildman–Crippen LogP) is 3.85. The molecule has 18 heavy (non-hydrogen) atoms. The number of hydrogen-bond acceptors (Lipinski definition) is 3. The summed E-state index contributed by atoms with van der Waals surface area (Å²) in [5.41, 5.74) is 0.0195. The van der Waals surface area contributed by atoms with Crippen LogP contribution in [0.3, 0.4) is 0 Å². The van der Waals surface area contributed by atoms with Crippen molar-refractivity contribution in [1.29, 1.82) is 0 Å². The zero-order chi connectivity index (χ0) is 13.4. The molecule has 1 aliphatic carbocycles. The van der Waals surface area contributed by atoms with Gasteiger partial charge in [0.15, 0.2) is 0 Å². The van der Waals surface area contributed by atoms with Crippen molar-refractivity contribution in [1.82, 2.24) is 5.32 Å². The maximum atomic E-state index is 5.51. The first-order chi connectivity index (χ1) is 8.57. The molecule has 0 aromatic rings. The van der Waals surface area contributed by atoms with Gasteiger partial charge in [0.05, 0.1) is 5.60 Å². The minimum atomic E-state index is 0.0195. The fourth-order valence-corrected chi connectivity index (χ4v) is 3.92. The van der Waals surface area contributed by atoms with Crippen molar-refractivity contribution in [3.63, 3.8) is 0 Å². The van der Waals surface area contributed by atoms with E-state index in [-0.39, 0.29) is 5.60 Å². The summed E-state index contributed by atoms with van der Waals surface area (Å²) in [4.78, 5) is 0. The third-order valence-corrected chi connectivity index (χ3v) is 5.51. The highest BCUT2D eigenvalue weighted by Crippen LogP contribution is 2.30. The summed E-state index contributed by atoms with van der Waals surface area (Å²) in [6, 6.07) is 0.648. The van der Waals surface area contributed by atoms with Crippen molar-refractivity contribution in [3.8, 4) is 0 Å². The molecule has 3 heteroatoms. The number of rotatable bonds is 9. The molecule has 1 N–H and O–H groups in total. The summed E-state index contributed by atoms with van der Waals surface area (Å²) < 4.78 is 5.51. The molecule has 0 radical (unpaired) electrons. The highest BCUT2D eigenvalue weighted by Gasteiger charge is 2.21. The Hall–Kier alpha value is 0.270. The predicted molar refractivity (Wildman–Crippen MR) is 82.5 cm³/mol. The van der Waals surface area contributed by atoms with E-state index in [0.29, 0.717) is 6.04 Å². The van der Waals surface area contributed by atoms with Crippen molar-refractivity contribution in [2.75, 3.05) is 19.4 Å². The molecule has 1 atom stereocenters. The fourth-order valence-electron chi connectivity index (χ4n) is 2.46. The van der Waals surface area contributed by atoms with Crippen molar-refractivity contribution in [2.24, 2.45) is 0 Å². The van der Waals surface area contributed by atoms with E-state index >= 15 is 0 Å². The van der Waals surface area contributed by atoms with Gasteiger partial charge in [0, 0.05) is 24.2 Å². The maximum absolute atomic E-state index is 5.51. The molecular formula is C15H31NOS. The molecule has 1 unspecified atom stereocenters. The first kappa shape index (κ1) is 16.3. The van der Waals surface area contributed by atoms with Gasteiger partial charge >= 0.3 is 0 Å². The van der Waals surface area contributed by atoms with Gasteiger partial charge < -0.3 is 10.1 Å². The van der Waals surface area contributed by atoms with Crippen LogP contribution in [0.15, 0.2) is 0 Å².